The number of aromatic nitrogens is 1. The molecule has 0 saturated heterocycles. The van der Waals surface area contributed by atoms with E-state index in [4.69, 9.17) is 0 Å². The van der Waals surface area contributed by atoms with Crippen molar-refractivity contribution in [1.82, 2.24) is 10.3 Å². The summed E-state index contributed by atoms with van der Waals surface area (Å²) in [4.78, 5) is 16.0. The van der Waals surface area contributed by atoms with Crippen LogP contribution in [0.3, 0.4) is 0 Å². The SMILES string of the molecule is Cc1cc(C)cc(NC(=O)N[C@H](C)c2cccnc2)c1. The maximum absolute atomic E-state index is 12.0. The van der Waals surface area contributed by atoms with Crippen LogP contribution in [0.1, 0.15) is 29.7 Å². The van der Waals surface area contributed by atoms with E-state index in [-0.39, 0.29) is 12.1 Å². The van der Waals surface area contributed by atoms with E-state index in [0.717, 1.165) is 22.4 Å². The second kappa shape index (κ2) is 6.19. The van der Waals surface area contributed by atoms with Crippen molar-refractivity contribution < 1.29 is 4.79 Å². The van der Waals surface area contributed by atoms with Gasteiger partial charge >= 0.3 is 6.03 Å². The molecule has 0 radical (unpaired) electrons. The maximum Gasteiger partial charge on any atom is 0.319 e. The number of urea groups is 1. The van der Waals surface area contributed by atoms with Crippen LogP contribution in [0.15, 0.2) is 42.7 Å². The monoisotopic (exact) mass is 269 g/mol. The topological polar surface area (TPSA) is 54.0 Å². The summed E-state index contributed by atoms with van der Waals surface area (Å²) in [5, 5.41) is 5.75. The highest BCUT2D eigenvalue weighted by Gasteiger charge is 2.09. The molecule has 0 fully saturated rings. The summed E-state index contributed by atoms with van der Waals surface area (Å²) in [6.07, 6.45) is 3.47. The van der Waals surface area contributed by atoms with Gasteiger partial charge in [0, 0.05) is 18.1 Å². The van der Waals surface area contributed by atoms with Gasteiger partial charge < -0.3 is 10.6 Å². The molecule has 0 spiro atoms. The van der Waals surface area contributed by atoms with Crippen molar-refractivity contribution in [3.8, 4) is 0 Å². The lowest BCUT2D eigenvalue weighted by molar-refractivity contribution is 0.249. The minimum absolute atomic E-state index is 0.0883. The molecule has 0 aliphatic rings. The maximum atomic E-state index is 12.0. The van der Waals surface area contributed by atoms with Gasteiger partial charge in [0.2, 0.25) is 0 Å². The van der Waals surface area contributed by atoms with E-state index in [0.29, 0.717) is 0 Å². The number of benzene rings is 1. The van der Waals surface area contributed by atoms with Gasteiger partial charge in [-0.05, 0) is 55.7 Å². The van der Waals surface area contributed by atoms with Crippen molar-refractivity contribution in [1.29, 1.82) is 0 Å². The summed E-state index contributed by atoms with van der Waals surface area (Å²) in [5.74, 6) is 0. The number of aryl methyl sites for hydroxylation is 2. The predicted octanol–water partition coefficient (Wildman–Crippen LogP) is 3.58. The molecule has 2 rings (SSSR count). The first-order chi connectivity index (χ1) is 9.54. The number of carbonyl (C=O) groups excluding carboxylic acids is 1. The van der Waals surface area contributed by atoms with Crippen molar-refractivity contribution in [2.75, 3.05) is 5.32 Å². The van der Waals surface area contributed by atoms with E-state index in [9.17, 15) is 4.79 Å². The number of hydrogen-bond acceptors (Lipinski definition) is 2. The first-order valence-corrected chi connectivity index (χ1v) is 6.60. The average Bonchev–Trinajstić information content (AvgIpc) is 2.38. The number of nitrogens with zero attached hydrogens (tertiary/aromatic N) is 1. The molecule has 104 valence electrons. The highest BCUT2D eigenvalue weighted by molar-refractivity contribution is 5.89. The lowest BCUT2D eigenvalue weighted by Crippen LogP contribution is -2.31. The smallest absolute Gasteiger partial charge is 0.319 e. The fraction of sp³-hybridized carbons (Fsp3) is 0.250. The highest BCUT2D eigenvalue weighted by atomic mass is 16.2. The highest BCUT2D eigenvalue weighted by Crippen LogP contribution is 2.14. The minimum atomic E-state index is -0.216. The number of anilines is 1. The standard InChI is InChI=1S/C16H19N3O/c1-11-7-12(2)9-15(8-11)19-16(20)18-13(3)14-5-4-6-17-10-14/h4-10,13H,1-3H3,(H2,18,19,20)/t13-/m1/s1. The van der Waals surface area contributed by atoms with Gasteiger partial charge in [0.1, 0.15) is 0 Å². The van der Waals surface area contributed by atoms with E-state index < -0.39 is 0 Å². The number of pyridine rings is 1. The molecular weight excluding hydrogens is 250 g/mol. The Morgan fingerprint density at radius 1 is 1.20 bits per heavy atom. The van der Waals surface area contributed by atoms with Crippen LogP contribution in [0.2, 0.25) is 0 Å². The first kappa shape index (κ1) is 14.1. The fourth-order valence-electron chi connectivity index (χ4n) is 2.13. The normalized spacial score (nSPS) is 11.8. The number of amides is 2. The summed E-state index contributed by atoms with van der Waals surface area (Å²) in [7, 11) is 0. The van der Waals surface area contributed by atoms with Gasteiger partial charge in [0.25, 0.3) is 0 Å². The van der Waals surface area contributed by atoms with Crippen molar-refractivity contribution in [3.63, 3.8) is 0 Å². The molecule has 0 aliphatic carbocycles. The molecule has 1 aromatic heterocycles. The van der Waals surface area contributed by atoms with E-state index in [1.807, 2.05) is 45.0 Å². The van der Waals surface area contributed by atoms with Crippen LogP contribution < -0.4 is 10.6 Å². The number of rotatable bonds is 3. The van der Waals surface area contributed by atoms with Crippen LogP contribution in [0, 0.1) is 13.8 Å². The number of nitrogens with one attached hydrogen (secondary N) is 2. The minimum Gasteiger partial charge on any atom is -0.331 e. The van der Waals surface area contributed by atoms with E-state index in [1.54, 1.807) is 12.4 Å². The molecule has 4 nitrogen and oxygen atoms in total. The number of carbonyl (C=O) groups is 1. The van der Waals surface area contributed by atoms with E-state index in [2.05, 4.69) is 21.7 Å². The predicted molar refractivity (Wildman–Crippen MR) is 80.7 cm³/mol. The quantitative estimate of drug-likeness (QED) is 0.894. The molecule has 2 N–H and O–H groups in total. The van der Waals surface area contributed by atoms with Crippen molar-refractivity contribution in [3.05, 3.63) is 59.4 Å². The Bertz CT molecular complexity index is 576. The van der Waals surface area contributed by atoms with Gasteiger partial charge in [-0.25, -0.2) is 4.79 Å². The molecule has 2 aromatic rings. The van der Waals surface area contributed by atoms with Crippen LogP contribution in [0.4, 0.5) is 10.5 Å². The zero-order chi connectivity index (χ0) is 14.5. The molecule has 2 amide bonds. The fourth-order valence-corrected chi connectivity index (χ4v) is 2.13. The Balaban J connectivity index is 1.99. The Morgan fingerprint density at radius 3 is 2.50 bits per heavy atom. The van der Waals surface area contributed by atoms with Gasteiger partial charge in [-0.15, -0.1) is 0 Å². The lowest BCUT2D eigenvalue weighted by Gasteiger charge is -2.15. The Labute approximate surface area is 119 Å². The van der Waals surface area contributed by atoms with Gasteiger partial charge in [-0.1, -0.05) is 12.1 Å². The molecule has 0 saturated carbocycles. The number of hydrogen-bond donors (Lipinski definition) is 2. The van der Waals surface area contributed by atoms with Crippen molar-refractivity contribution in [2.24, 2.45) is 0 Å². The van der Waals surface area contributed by atoms with Crippen LogP contribution in [-0.4, -0.2) is 11.0 Å². The molecular formula is C16H19N3O. The summed E-state index contributed by atoms with van der Waals surface area (Å²) < 4.78 is 0. The molecule has 4 heteroatoms. The summed E-state index contributed by atoms with van der Waals surface area (Å²) in [5.41, 5.74) is 4.03. The van der Waals surface area contributed by atoms with Crippen LogP contribution in [0.5, 0.6) is 0 Å². The van der Waals surface area contributed by atoms with Gasteiger partial charge in [0.15, 0.2) is 0 Å². The summed E-state index contributed by atoms with van der Waals surface area (Å²) in [6.45, 7) is 5.95. The Hall–Kier alpha value is -2.36. The summed E-state index contributed by atoms with van der Waals surface area (Å²) in [6, 6.07) is 9.45. The molecule has 1 atom stereocenters. The first-order valence-electron chi connectivity index (χ1n) is 6.60. The van der Waals surface area contributed by atoms with E-state index >= 15 is 0 Å². The summed E-state index contributed by atoms with van der Waals surface area (Å²) >= 11 is 0. The molecule has 0 unspecified atom stereocenters. The van der Waals surface area contributed by atoms with Crippen molar-refractivity contribution >= 4 is 11.7 Å². The van der Waals surface area contributed by atoms with Gasteiger partial charge in [0.05, 0.1) is 6.04 Å². The molecule has 1 heterocycles. The van der Waals surface area contributed by atoms with Gasteiger partial charge in [-0.2, -0.15) is 0 Å². The molecule has 0 aliphatic heterocycles. The molecule has 20 heavy (non-hydrogen) atoms. The third-order valence-corrected chi connectivity index (χ3v) is 3.01. The second-order valence-electron chi connectivity index (χ2n) is 4.98. The Morgan fingerprint density at radius 2 is 1.90 bits per heavy atom. The van der Waals surface area contributed by atoms with Crippen LogP contribution >= 0.6 is 0 Å². The van der Waals surface area contributed by atoms with Gasteiger partial charge in [-0.3, -0.25) is 4.98 Å². The second-order valence-corrected chi connectivity index (χ2v) is 4.98. The zero-order valence-electron chi connectivity index (χ0n) is 12.0. The third kappa shape index (κ3) is 3.82. The lowest BCUT2D eigenvalue weighted by atomic mass is 10.1. The van der Waals surface area contributed by atoms with Crippen LogP contribution in [0.25, 0.3) is 0 Å². The molecule has 1 aromatic carbocycles. The van der Waals surface area contributed by atoms with E-state index in [1.165, 1.54) is 0 Å². The van der Waals surface area contributed by atoms with Crippen LogP contribution in [-0.2, 0) is 0 Å². The average molecular weight is 269 g/mol. The largest absolute Gasteiger partial charge is 0.331 e. The third-order valence-electron chi connectivity index (χ3n) is 3.01. The van der Waals surface area contributed by atoms with Crippen molar-refractivity contribution in [2.45, 2.75) is 26.8 Å². The molecule has 0 bridgehead atoms. The Kier molecular flexibility index (Phi) is 4.35. The zero-order valence-corrected chi connectivity index (χ0v) is 12.0.